The third-order valence-corrected chi connectivity index (χ3v) is 3.84. The van der Waals surface area contributed by atoms with Crippen molar-refractivity contribution in [2.75, 3.05) is 7.11 Å². The number of hydrogen-bond donors (Lipinski definition) is 2. The Labute approximate surface area is 117 Å². The molecule has 0 bridgehead atoms. The molecule has 3 nitrogen and oxygen atoms in total. The van der Waals surface area contributed by atoms with Crippen molar-refractivity contribution < 1.29 is 17.9 Å². The minimum absolute atomic E-state index is 0.466. The summed E-state index contributed by atoms with van der Waals surface area (Å²) in [6, 6.07) is 4.66. The number of hydrazine groups is 1. The molecule has 1 aromatic carbocycles. The molecule has 0 aliphatic carbocycles. The van der Waals surface area contributed by atoms with E-state index in [-0.39, 0.29) is 0 Å². The van der Waals surface area contributed by atoms with E-state index in [1.807, 2.05) is 13.8 Å². The molecule has 1 aromatic rings. The molecular weight excluding hydrogens is 269 g/mol. The average Bonchev–Trinajstić information content (AvgIpc) is 2.44. The minimum atomic E-state index is -4.37. The summed E-state index contributed by atoms with van der Waals surface area (Å²) in [5, 5.41) is 0. The van der Waals surface area contributed by atoms with Crippen LogP contribution >= 0.6 is 0 Å². The summed E-state index contributed by atoms with van der Waals surface area (Å²) in [7, 11) is 1.55. The van der Waals surface area contributed by atoms with Crippen LogP contribution in [0.3, 0.4) is 0 Å². The van der Waals surface area contributed by atoms with Gasteiger partial charge in [0.2, 0.25) is 0 Å². The molecular formula is C14H21F3N2O. The van der Waals surface area contributed by atoms with Gasteiger partial charge in [-0.3, -0.25) is 11.3 Å². The first kappa shape index (κ1) is 16.9. The third-order valence-electron chi connectivity index (χ3n) is 3.84. The zero-order valence-corrected chi connectivity index (χ0v) is 11.9. The first-order valence-electron chi connectivity index (χ1n) is 6.53. The number of benzene rings is 1. The van der Waals surface area contributed by atoms with E-state index < -0.39 is 23.4 Å². The van der Waals surface area contributed by atoms with Gasteiger partial charge in [-0.05, 0) is 30.5 Å². The van der Waals surface area contributed by atoms with E-state index in [2.05, 4.69) is 5.43 Å². The van der Waals surface area contributed by atoms with E-state index in [1.54, 1.807) is 13.2 Å². The van der Waals surface area contributed by atoms with E-state index >= 15 is 0 Å². The lowest BCUT2D eigenvalue weighted by atomic mass is 9.83. The number of alkyl halides is 3. The number of ether oxygens (including phenoxy) is 1. The summed E-state index contributed by atoms with van der Waals surface area (Å²) < 4.78 is 43.9. The lowest BCUT2D eigenvalue weighted by molar-refractivity contribution is -0.137. The Balaban J connectivity index is 3.25. The predicted octanol–water partition coefficient (Wildman–Crippen LogP) is 3.42. The Morgan fingerprint density at radius 2 is 1.85 bits per heavy atom. The van der Waals surface area contributed by atoms with Crippen LogP contribution in [0.25, 0.3) is 0 Å². The molecule has 0 radical (unpaired) electrons. The van der Waals surface area contributed by atoms with Crippen LogP contribution in [0.2, 0.25) is 0 Å². The van der Waals surface area contributed by atoms with Crippen molar-refractivity contribution in [2.45, 2.75) is 44.5 Å². The number of hydrogen-bond acceptors (Lipinski definition) is 3. The fourth-order valence-electron chi connectivity index (χ4n) is 2.51. The lowest BCUT2D eigenvalue weighted by Gasteiger charge is -2.38. The van der Waals surface area contributed by atoms with Gasteiger partial charge in [0.1, 0.15) is 0 Å². The van der Waals surface area contributed by atoms with Crippen molar-refractivity contribution in [3.05, 3.63) is 35.4 Å². The van der Waals surface area contributed by atoms with Gasteiger partial charge in [0, 0.05) is 7.11 Å². The Bertz CT molecular complexity index is 422. The fraction of sp³-hybridized carbons (Fsp3) is 0.571. The van der Waals surface area contributed by atoms with E-state index in [9.17, 15) is 13.2 Å². The molecule has 114 valence electrons. The standard InChI is InChI=1S/C14H21F3N2O/c1-4-13(5-2,20-3)12(19-18)10-7-6-8-11(9-10)14(15,16)17/h6-9,12,19H,4-5,18H2,1-3H3. The van der Waals surface area contributed by atoms with Crippen molar-refractivity contribution in [1.29, 1.82) is 0 Å². The highest BCUT2D eigenvalue weighted by molar-refractivity contribution is 5.29. The second kappa shape index (κ2) is 6.56. The zero-order chi connectivity index (χ0) is 15.4. The first-order valence-corrected chi connectivity index (χ1v) is 6.53. The van der Waals surface area contributed by atoms with E-state index in [1.165, 1.54) is 6.07 Å². The SMILES string of the molecule is CCC(CC)(OC)C(NN)c1cccc(C(F)(F)F)c1. The number of nitrogens with one attached hydrogen (secondary N) is 1. The van der Waals surface area contributed by atoms with Gasteiger partial charge in [0.25, 0.3) is 0 Å². The van der Waals surface area contributed by atoms with Gasteiger partial charge in [-0.1, -0.05) is 26.0 Å². The van der Waals surface area contributed by atoms with Gasteiger partial charge in [-0.25, -0.2) is 0 Å². The molecule has 0 heterocycles. The molecule has 0 amide bonds. The minimum Gasteiger partial charge on any atom is -0.376 e. The highest BCUT2D eigenvalue weighted by Gasteiger charge is 2.38. The third kappa shape index (κ3) is 3.31. The maximum atomic E-state index is 12.8. The quantitative estimate of drug-likeness (QED) is 0.623. The van der Waals surface area contributed by atoms with Crippen molar-refractivity contribution >= 4 is 0 Å². The number of nitrogens with two attached hydrogens (primary N) is 1. The maximum Gasteiger partial charge on any atom is 0.416 e. The Kier molecular flexibility index (Phi) is 5.56. The molecule has 1 rings (SSSR count). The predicted molar refractivity (Wildman–Crippen MR) is 71.8 cm³/mol. The van der Waals surface area contributed by atoms with Crippen molar-refractivity contribution in [3.63, 3.8) is 0 Å². The molecule has 0 aliphatic rings. The molecule has 0 aromatic heterocycles. The summed E-state index contributed by atoms with van der Waals surface area (Å²) in [4.78, 5) is 0. The Morgan fingerprint density at radius 1 is 1.25 bits per heavy atom. The summed E-state index contributed by atoms with van der Waals surface area (Å²) >= 11 is 0. The molecule has 6 heteroatoms. The van der Waals surface area contributed by atoms with E-state index in [0.29, 0.717) is 18.4 Å². The smallest absolute Gasteiger partial charge is 0.376 e. The van der Waals surface area contributed by atoms with Crippen LogP contribution in [-0.2, 0) is 10.9 Å². The summed E-state index contributed by atoms with van der Waals surface area (Å²) in [5.74, 6) is 5.57. The topological polar surface area (TPSA) is 47.3 Å². The molecule has 3 N–H and O–H groups in total. The molecule has 0 fully saturated rings. The molecule has 20 heavy (non-hydrogen) atoms. The average molecular weight is 290 g/mol. The molecule has 1 atom stereocenters. The lowest BCUT2D eigenvalue weighted by Crippen LogP contribution is -2.47. The summed E-state index contributed by atoms with van der Waals surface area (Å²) in [6.45, 7) is 3.84. The van der Waals surface area contributed by atoms with Crippen molar-refractivity contribution in [2.24, 2.45) is 5.84 Å². The van der Waals surface area contributed by atoms with Crippen LogP contribution in [0.4, 0.5) is 13.2 Å². The molecule has 1 unspecified atom stereocenters. The van der Waals surface area contributed by atoms with Crippen molar-refractivity contribution in [3.8, 4) is 0 Å². The largest absolute Gasteiger partial charge is 0.416 e. The van der Waals surface area contributed by atoms with Gasteiger partial charge in [0.15, 0.2) is 0 Å². The van der Waals surface area contributed by atoms with Crippen LogP contribution in [0.1, 0.15) is 43.9 Å². The second-order valence-corrected chi connectivity index (χ2v) is 4.70. The van der Waals surface area contributed by atoms with Crippen LogP contribution in [0.5, 0.6) is 0 Å². The number of halogens is 3. The van der Waals surface area contributed by atoms with Gasteiger partial charge in [-0.15, -0.1) is 0 Å². The normalized spacial score (nSPS) is 14.3. The van der Waals surface area contributed by atoms with Crippen LogP contribution < -0.4 is 11.3 Å². The van der Waals surface area contributed by atoms with Crippen LogP contribution in [-0.4, -0.2) is 12.7 Å². The molecule has 0 saturated heterocycles. The molecule has 0 spiro atoms. The van der Waals surface area contributed by atoms with Crippen LogP contribution in [0.15, 0.2) is 24.3 Å². The molecule has 0 aliphatic heterocycles. The Hall–Kier alpha value is -1.11. The summed E-state index contributed by atoms with van der Waals surface area (Å²) in [6.07, 6.45) is -3.11. The van der Waals surface area contributed by atoms with E-state index in [4.69, 9.17) is 10.6 Å². The number of rotatable bonds is 6. The van der Waals surface area contributed by atoms with Crippen molar-refractivity contribution in [1.82, 2.24) is 5.43 Å². The summed E-state index contributed by atoms with van der Waals surface area (Å²) in [5.41, 5.74) is 1.74. The maximum absolute atomic E-state index is 12.8. The van der Waals surface area contributed by atoms with Gasteiger partial charge in [0.05, 0.1) is 17.2 Å². The molecule has 0 saturated carbocycles. The fourth-order valence-corrected chi connectivity index (χ4v) is 2.51. The Morgan fingerprint density at radius 3 is 2.25 bits per heavy atom. The highest BCUT2D eigenvalue weighted by atomic mass is 19.4. The zero-order valence-electron chi connectivity index (χ0n) is 11.9. The van der Waals surface area contributed by atoms with Gasteiger partial charge in [-0.2, -0.15) is 13.2 Å². The van der Waals surface area contributed by atoms with Crippen LogP contribution in [0, 0.1) is 0 Å². The van der Waals surface area contributed by atoms with E-state index in [0.717, 1.165) is 12.1 Å². The highest BCUT2D eigenvalue weighted by Crippen LogP contribution is 2.37. The van der Waals surface area contributed by atoms with Gasteiger partial charge >= 0.3 is 6.18 Å². The second-order valence-electron chi connectivity index (χ2n) is 4.70. The van der Waals surface area contributed by atoms with Gasteiger partial charge < -0.3 is 4.74 Å². The first-order chi connectivity index (χ1) is 9.34. The monoisotopic (exact) mass is 290 g/mol. The number of methoxy groups -OCH3 is 1.